The van der Waals surface area contributed by atoms with Gasteiger partial charge in [0.15, 0.2) is 0 Å². The summed E-state index contributed by atoms with van der Waals surface area (Å²) in [4.78, 5) is 4.35. The van der Waals surface area contributed by atoms with E-state index in [1.807, 2.05) is 0 Å². The molecule has 0 amide bonds. The van der Waals surface area contributed by atoms with Crippen molar-refractivity contribution in [3.8, 4) is 0 Å². The fraction of sp³-hybridized carbons (Fsp3) is 0.778. The normalized spacial score (nSPS) is 13.1. The third-order valence-corrected chi connectivity index (χ3v) is 3.39. The highest BCUT2D eigenvalue weighted by Crippen LogP contribution is 2.16. The quantitative estimate of drug-likeness (QED) is 0.779. The predicted octanol–water partition coefficient (Wildman–Crippen LogP) is 1.84. The Morgan fingerprint density at radius 2 is 2.27 bits per heavy atom. The second kappa shape index (κ2) is 6.17. The van der Waals surface area contributed by atoms with Crippen molar-refractivity contribution in [2.24, 2.45) is 0 Å². The van der Waals surface area contributed by atoms with Crippen molar-refractivity contribution in [3.05, 3.63) is 5.82 Å². The van der Waals surface area contributed by atoms with Gasteiger partial charge in [0, 0.05) is 46.8 Å². The summed E-state index contributed by atoms with van der Waals surface area (Å²) in [6.07, 6.45) is 2.63. The number of nitrogens with one attached hydrogen (secondary N) is 1. The molecule has 0 aliphatic carbocycles. The average molecular weight is 247 g/mol. The summed E-state index contributed by atoms with van der Waals surface area (Å²) < 4.78 is 15.0. The minimum atomic E-state index is -0.698. The smallest absolute Gasteiger partial charge is 0.202 e. The molecular formula is C9H17N3OS2. The van der Waals surface area contributed by atoms with E-state index < -0.39 is 10.8 Å². The Morgan fingerprint density at radius 3 is 2.80 bits per heavy atom. The van der Waals surface area contributed by atoms with E-state index in [4.69, 9.17) is 0 Å². The van der Waals surface area contributed by atoms with Crippen LogP contribution in [0.2, 0.25) is 0 Å². The molecule has 0 aliphatic heterocycles. The van der Waals surface area contributed by atoms with Crippen molar-refractivity contribution in [1.29, 1.82) is 0 Å². The van der Waals surface area contributed by atoms with Crippen molar-refractivity contribution >= 4 is 27.5 Å². The third kappa shape index (κ3) is 4.70. The molecule has 1 unspecified atom stereocenters. The lowest BCUT2D eigenvalue weighted by Crippen LogP contribution is -2.05. The molecule has 0 saturated heterocycles. The summed E-state index contributed by atoms with van der Waals surface area (Å²) in [6, 6.07) is 0. The minimum Gasteiger partial charge on any atom is -0.360 e. The van der Waals surface area contributed by atoms with E-state index in [1.54, 1.807) is 6.26 Å². The maximum absolute atomic E-state index is 10.8. The number of hydrogen-bond acceptors (Lipinski definition) is 5. The van der Waals surface area contributed by atoms with Crippen LogP contribution in [-0.4, -0.2) is 32.1 Å². The number of anilines is 1. The largest absolute Gasteiger partial charge is 0.360 e. The molecule has 1 atom stereocenters. The van der Waals surface area contributed by atoms with Gasteiger partial charge in [-0.15, -0.1) is 0 Å². The highest BCUT2D eigenvalue weighted by Gasteiger charge is 2.06. The summed E-state index contributed by atoms with van der Waals surface area (Å²) in [5.41, 5.74) is 0. The van der Waals surface area contributed by atoms with Crippen LogP contribution in [0.15, 0.2) is 0 Å². The molecule has 6 heteroatoms. The first-order valence-electron chi connectivity index (χ1n) is 4.97. The number of nitrogens with zero attached hydrogens (tertiary/aromatic N) is 2. The summed E-state index contributed by atoms with van der Waals surface area (Å²) in [5, 5.41) is 4.05. The minimum absolute atomic E-state index is 0.375. The summed E-state index contributed by atoms with van der Waals surface area (Å²) in [6.45, 7) is 4.96. The van der Waals surface area contributed by atoms with Gasteiger partial charge in [0.1, 0.15) is 5.82 Å². The molecular weight excluding hydrogens is 230 g/mol. The maximum Gasteiger partial charge on any atom is 0.202 e. The zero-order chi connectivity index (χ0) is 11.3. The van der Waals surface area contributed by atoms with Gasteiger partial charge in [-0.1, -0.05) is 13.8 Å². The molecule has 1 N–H and O–H groups in total. The molecule has 1 rings (SSSR count). The van der Waals surface area contributed by atoms with Crippen LogP contribution in [0.3, 0.4) is 0 Å². The van der Waals surface area contributed by atoms with Gasteiger partial charge in [0.05, 0.1) is 0 Å². The summed E-state index contributed by atoms with van der Waals surface area (Å²) in [7, 11) is -0.698. The van der Waals surface area contributed by atoms with Crippen LogP contribution in [0, 0.1) is 0 Å². The van der Waals surface area contributed by atoms with Crippen molar-refractivity contribution < 1.29 is 4.21 Å². The lowest BCUT2D eigenvalue weighted by atomic mass is 10.2. The van der Waals surface area contributed by atoms with Gasteiger partial charge in [-0.2, -0.15) is 4.37 Å². The highest BCUT2D eigenvalue weighted by molar-refractivity contribution is 7.84. The van der Waals surface area contributed by atoms with Crippen molar-refractivity contribution in [2.75, 3.05) is 23.9 Å². The highest BCUT2D eigenvalue weighted by atomic mass is 32.2. The van der Waals surface area contributed by atoms with Gasteiger partial charge in [-0.3, -0.25) is 4.21 Å². The first-order valence-corrected chi connectivity index (χ1v) is 7.47. The van der Waals surface area contributed by atoms with Gasteiger partial charge in [0.2, 0.25) is 5.13 Å². The second-order valence-corrected chi connectivity index (χ2v) is 5.98. The van der Waals surface area contributed by atoms with Crippen LogP contribution in [0.5, 0.6) is 0 Å². The fourth-order valence-corrected chi connectivity index (χ4v) is 2.30. The fourth-order valence-electron chi connectivity index (χ4n) is 1.01. The van der Waals surface area contributed by atoms with E-state index in [0.717, 1.165) is 29.7 Å². The molecule has 4 nitrogen and oxygen atoms in total. The molecule has 1 heterocycles. The van der Waals surface area contributed by atoms with Crippen LogP contribution in [0.25, 0.3) is 0 Å². The summed E-state index contributed by atoms with van der Waals surface area (Å²) >= 11 is 1.39. The van der Waals surface area contributed by atoms with Gasteiger partial charge in [0.25, 0.3) is 0 Å². The predicted molar refractivity (Wildman–Crippen MR) is 66.0 cm³/mol. The summed E-state index contributed by atoms with van der Waals surface area (Å²) in [5.74, 6) is 2.00. The average Bonchev–Trinajstić information content (AvgIpc) is 2.60. The van der Waals surface area contributed by atoms with Crippen molar-refractivity contribution in [2.45, 2.75) is 26.2 Å². The van der Waals surface area contributed by atoms with E-state index in [0.29, 0.717) is 5.92 Å². The standard InChI is InChI=1S/C9H17N3OS2/c1-7(2)8-11-9(14-12-8)10-5-4-6-15(3)13/h7H,4-6H2,1-3H3,(H,10,11,12). The number of hydrogen-bond donors (Lipinski definition) is 1. The molecule has 0 radical (unpaired) electrons. The Labute approximate surface area is 97.1 Å². The van der Waals surface area contributed by atoms with Crippen molar-refractivity contribution in [3.63, 3.8) is 0 Å². The molecule has 0 spiro atoms. The van der Waals surface area contributed by atoms with E-state index in [9.17, 15) is 4.21 Å². The van der Waals surface area contributed by atoms with Crippen LogP contribution in [0.1, 0.15) is 32.0 Å². The van der Waals surface area contributed by atoms with Crippen LogP contribution in [-0.2, 0) is 10.8 Å². The second-order valence-electron chi connectivity index (χ2n) is 3.67. The molecule has 0 saturated carbocycles. The molecule has 0 bridgehead atoms. The third-order valence-electron chi connectivity index (χ3n) is 1.84. The first kappa shape index (κ1) is 12.6. The molecule has 86 valence electrons. The molecule has 1 aromatic heterocycles. The van der Waals surface area contributed by atoms with E-state index in [1.165, 1.54) is 11.5 Å². The Kier molecular flexibility index (Phi) is 5.17. The molecule has 1 aromatic rings. The van der Waals surface area contributed by atoms with Crippen LogP contribution >= 0.6 is 11.5 Å². The molecule has 0 aliphatic rings. The Bertz CT molecular complexity index is 325. The van der Waals surface area contributed by atoms with Crippen LogP contribution < -0.4 is 5.32 Å². The van der Waals surface area contributed by atoms with Crippen molar-refractivity contribution in [1.82, 2.24) is 9.36 Å². The molecule has 0 aromatic carbocycles. The molecule has 0 fully saturated rings. The Morgan fingerprint density at radius 1 is 1.53 bits per heavy atom. The van der Waals surface area contributed by atoms with Gasteiger partial charge < -0.3 is 5.32 Å². The number of rotatable bonds is 6. The van der Waals surface area contributed by atoms with E-state index in [2.05, 4.69) is 28.5 Å². The first-order chi connectivity index (χ1) is 7.09. The lowest BCUT2D eigenvalue weighted by Gasteiger charge is -2.00. The van der Waals surface area contributed by atoms with E-state index in [-0.39, 0.29) is 0 Å². The maximum atomic E-state index is 10.8. The van der Waals surface area contributed by atoms with Crippen LogP contribution in [0.4, 0.5) is 5.13 Å². The van der Waals surface area contributed by atoms with Gasteiger partial charge in [-0.05, 0) is 6.42 Å². The zero-order valence-electron chi connectivity index (χ0n) is 9.32. The van der Waals surface area contributed by atoms with Gasteiger partial charge in [-0.25, -0.2) is 4.98 Å². The lowest BCUT2D eigenvalue weighted by molar-refractivity contribution is 0.685. The Balaban J connectivity index is 2.28. The van der Waals surface area contributed by atoms with E-state index >= 15 is 0 Å². The van der Waals surface area contributed by atoms with Gasteiger partial charge >= 0.3 is 0 Å². The zero-order valence-corrected chi connectivity index (χ0v) is 11.0. The molecule has 15 heavy (non-hydrogen) atoms. The number of aromatic nitrogens is 2. The SMILES string of the molecule is CC(C)c1nsc(NCCCS(C)=O)n1. The Hall–Kier alpha value is -0.490. The monoisotopic (exact) mass is 247 g/mol. The topological polar surface area (TPSA) is 54.9 Å².